The van der Waals surface area contributed by atoms with Crippen molar-refractivity contribution >= 4 is 28.7 Å². The zero-order valence-electron chi connectivity index (χ0n) is 6.93. The summed E-state index contributed by atoms with van der Waals surface area (Å²) < 4.78 is 0. The Morgan fingerprint density at radius 3 is 2.58 bits per heavy atom. The third kappa shape index (κ3) is 1.86. The van der Waals surface area contributed by atoms with Crippen molar-refractivity contribution in [1.29, 1.82) is 0 Å². The lowest BCUT2D eigenvalue weighted by Gasteiger charge is -2.15. The van der Waals surface area contributed by atoms with E-state index in [4.69, 9.17) is 17.3 Å². The average Bonchev–Trinajstić information content (AvgIpc) is 2.31. The van der Waals surface area contributed by atoms with E-state index in [1.807, 2.05) is 0 Å². The molecule has 1 heterocycles. The number of hydrogen-bond donors (Lipinski definition) is 1. The molecule has 0 aliphatic rings. The summed E-state index contributed by atoms with van der Waals surface area (Å²) in [6.07, 6.45) is 0. The van der Waals surface area contributed by atoms with Gasteiger partial charge in [-0.2, -0.15) is 0 Å². The number of thiophene rings is 1. The first kappa shape index (κ1) is 9.71. The van der Waals surface area contributed by atoms with E-state index < -0.39 is 5.54 Å². The largest absolute Gasteiger partial charge is 0.319 e. The summed E-state index contributed by atoms with van der Waals surface area (Å²) in [5.41, 5.74) is 4.80. The van der Waals surface area contributed by atoms with Gasteiger partial charge in [-0.25, -0.2) is 0 Å². The lowest BCUT2D eigenvalue weighted by Crippen LogP contribution is -2.41. The van der Waals surface area contributed by atoms with Gasteiger partial charge in [0, 0.05) is 0 Å². The first-order chi connectivity index (χ1) is 5.43. The van der Waals surface area contributed by atoms with Crippen molar-refractivity contribution in [3.8, 4) is 0 Å². The molecular formula is C8H10ClNOS. The van der Waals surface area contributed by atoms with E-state index >= 15 is 0 Å². The highest BCUT2D eigenvalue weighted by Crippen LogP contribution is 2.25. The lowest BCUT2D eigenvalue weighted by atomic mass is 10.00. The van der Waals surface area contributed by atoms with Crippen LogP contribution in [0.4, 0.5) is 0 Å². The monoisotopic (exact) mass is 203 g/mol. The maximum atomic E-state index is 11.5. The Bertz CT molecular complexity index is 300. The van der Waals surface area contributed by atoms with Gasteiger partial charge < -0.3 is 5.73 Å². The van der Waals surface area contributed by atoms with Gasteiger partial charge in [-0.3, -0.25) is 4.79 Å². The number of carbonyl (C=O) groups is 1. The van der Waals surface area contributed by atoms with Crippen LogP contribution in [0.5, 0.6) is 0 Å². The van der Waals surface area contributed by atoms with Crippen LogP contribution in [-0.2, 0) is 0 Å². The summed E-state index contributed by atoms with van der Waals surface area (Å²) in [5.74, 6) is -0.109. The third-order valence-corrected chi connectivity index (χ3v) is 2.75. The Balaban J connectivity index is 3.01. The zero-order valence-corrected chi connectivity index (χ0v) is 8.50. The Morgan fingerprint density at radius 2 is 2.25 bits per heavy atom. The van der Waals surface area contributed by atoms with Gasteiger partial charge in [0.1, 0.15) is 0 Å². The van der Waals surface area contributed by atoms with E-state index in [-0.39, 0.29) is 5.78 Å². The van der Waals surface area contributed by atoms with Crippen molar-refractivity contribution in [2.24, 2.45) is 5.73 Å². The van der Waals surface area contributed by atoms with E-state index in [1.54, 1.807) is 25.3 Å². The maximum Gasteiger partial charge on any atom is 0.193 e. The predicted molar refractivity (Wildman–Crippen MR) is 51.9 cm³/mol. The molecule has 0 amide bonds. The molecule has 2 N–H and O–H groups in total. The van der Waals surface area contributed by atoms with Crippen LogP contribution in [-0.4, -0.2) is 11.3 Å². The van der Waals surface area contributed by atoms with Crippen molar-refractivity contribution in [3.63, 3.8) is 0 Å². The smallest absolute Gasteiger partial charge is 0.193 e. The SMILES string of the molecule is CC(C)(N)C(=O)c1sccc1Cl. The van der Waals surface area contributed by atoms with E-state index in [2.05, 4.69) is 0 Å². The van der Waals surface area contributed by atoms with Gasteiger partial charge in [0.15, 0.2) is 5.78 Å². The van der Waals surface area contributed by atoms with Crippen LogP contribution in [0.3, 0.4) is 0 Å². The van der Waals surface area contributed by atoms with E-state index in [9.17, 15) is 4.79 Å². The van der Waals surface area contributed by atoms with Gasteiger partial charge in [0.05, 0.1) is 15.4 Å². The van der Waals surface area contributed by atoms with Crippen LogP contribution in [0.1, 0.15) is 23.5 Å². The molecule has 0 radical (unpaired) electrons. The molecule has 1 rings (SSSR count). The highest BCUT2D eigenvalue weighted by atomic mass is 35.5. The Hall–Kier alpha value is -0.380. The number of carbonyl (C=O) groups excluding carboxylic acids is 1. The summed E-state index contributed by atoms with van der Waals surface area (Å²) in [4.78, 5) is 12.1. The molecule has 0 unspecified atom stereocenters. The van der Waals surface area contributed by atoms with Gasteiger partial charge >= 0.3 is 0 Å². The molecule has 12 heavy (non-hydrogen) atoms. The molecule has 0 atom stereocenters. The minimum absolute atomic E-state index is 0.109. The molecule has 0 saturated carbocycles. The number of hydrogen-bond acceptors (Lipinski definition) is 3. The number of halogens is 1. The fraction of sp³-hybridized carbons (Fsp3) is 0.375. The molecule has 0 aromatic carbocycles. The second-order valence-corrected chi connectivity index (χ2v) is 4.47. The zero-order chi connectivity index (χ0) is 9.35. The highest BCUT2D eigenvalue weighted by molar-refractivity contribution is 7.12. The quantitative estimate of drug-likeness (QED) is 0.750. The summed E-state index contributed by atoms with van der Waals surface area (Å²) in [7, 11) is 0. The van der Waals surface area contributed by atoms with E-state index in [0.717, 1.165) is 0 Å². The summed E-state index contributed by atoms with van der Waals surface area (Å²) >= 11 is 7.10. The van der Waals surface area contributed by atoms with Crippen LogP contribution < -0.4 is 5.73 Å². The average molecular weight is 204 g/mol. The lowest BCUT2D eigenvalue weighted by molar-refractivity contribution is 0.0918. The van der Waals surface area contributed by atoms with E-state index in [1.165, 1.54) is 11.3 Å². The predicted octanol–water partition coefficient (Wildman–Crippen LogP) is 2.32. The summed E-state index contributed by atoms with van der Waals surface area (Å²) in [6.45, 7) is 3.34. The third-order valence-electron chi connectivity index (χ3n) is 1.41. The molecule has 0 spiro atoms. The van der Waals surface area contributed by atoms with Crippen molar-refractivity contribution in [3.05, 3.63) is 21.3 Å². The van der Waals surface area contributed by atoms with E-state index in [0.29, 0.717) is 9.90 Å². The van der Waals surface area contributed by atoms with Crippen LogP contribution >= 0.6 is 22.9 Å². The molecule has 1 aromatic rings. The summed E-state index contributed by atoms with van der Waals surface area (Å²) in [5, 5.41) is 2.27. The molecule has 0 aliphatic carbocycles. The molecule has 0 fully saturated rings. The second kappa shape index (κ2) is 3.17. The second-order valence-electron chi connectivity index (χ2n) is 3.15. The van der Waals surface area contributed by atoms with Gasteiger partial charge in [-0.05, 0) is 25.3 Å². The first-order valence-corrected chi connectivity index (χ1v) is 4.75. The molecule has 2 nitrogen and oxygen atoms in total. The number of nitrogens with two attached hydrogens (primary N) is 1. The van der Waals surface area contributed by atoms with Gasteiger partial charge in [0.2, 0.25) is 0 Å². The van der Waals surface area contributed by atoms with Crippen molar-refractivity contribution in [1.82, 2.24) is 0 Å². The molecule has 4 heteroatoms. The highest BCUT2D eigenvalue weighted by Gasteiger charge is 2.26. The minimum Gasteiger partial charge on any atom is -0.319 e. The molecule has 0 aliphatic heterocycles. The van der Waals surface area contributed by atoms with Crippen LogP contribution in [0, 0.1) is 0 Å². The normalized spacial score (nSPS) is 11.7. The molecule has 0 saturated heterocycles. The van der Waals surface area contributed by atoms with Crippen molar-refractivity contribution in [2.75, 3.05) is 0 Å². The fourth-order valence-corrected chi connectivity index (χ4v) is 2.00. The number of ketones is 1. The van der Waals surface area contributed by atoms with Gasteiger partial charge in [-0.15, -0.1) is 11.3 Å². The molecule has 66 valence electrons. The topological polar surface area (TPSA) is 43.1 Å². The number of rotatable bonds is 2. The minimum atomic E-state index is -0.839. The Morgan fingerprint density at radius 1 is 1.67 bits per heavy atom. The van der Waals surface area contributed by atoms with Crippen LogP contribution in [0.25, 0.3) is 0 Å². The Kier molecular flexibility index (Phi) is 2.56. The molecule has 1 aromatic heterocycles. The summed E-state index contributed by atoms with van der Waals surface area (Å²) in [6, 6.07) is 1.70. The van der Waals surface area contributed by atoms with Crippen LogP contribution in [0.15, 0.2) is 11.4 Å². The number of Topliss-reactive ketones (excluding diaryl/α,β-unsaturated/α-hetero) is 1. The molecule has 0 bridgehead atoms. The van der Waals surface area contributed by atoms with Crippen molar-refractivity contribution < 1.29 is 4.79 Å². The first-order valence-electron chi connectivity index (χ1n) is 3.49. The maximum absolute atomic E-state index is 11.5. The van der Waals surface area contributed by atoms with Crippen LogP contribution in [0.2, 0.25) is 5.02 Å². The fourth-order valence-electron chi connectivity index (χ4n) is 0.748. The van der Waals surface area contributed by atoms with Crippen molar-refractivity contribution in [2.45, 2.75) is 19.4 Å². The van der Waals surface area contributed by atoms with Gasteiger partial charge in [-0.1, -0.05) is 11.6 Å². The Labute approximate surface area is 80.3 Å². The molecular weight excluding hydrogens is 194 g/mol. The standard InChI is InChI=1S/C8H10ClNOS/c1-8(2,10)7(11)6-5(9)3-4-12-6/h3-4H,10H2,1-2H3. The van der Waals surface area contributed by atoms with Gasteiger partial charge in [0.25, 0.3) is 0 Å².